The summed E-state index contributed by atoms with van der Waals surface area (Å²) in [5.41, 5.74) is 3.51. The maximum absolute atomic E-state index is 11.8. The molecule has 1 N–H and O–H groups in total. The lowest BCUT2D eigenvalue weighted by Gasteiger charge is -2.29. The highest BCUT2D eigenvalue weighted by Crippen LogP contribution is 2.43. The van der Waals surface area contributed by atoms with E-state index in [1.807, 2.05) is 14.1 Å². The monoisotopic (exact) mass is 406 g/mol. The van der Waals surface area contributed by atoms with E-state index in [1.54, 1.807) is 6.92 Å². The number of carbonyl (C=O) groups excluding carboxylic acids is 1. The van der Waals surface area contributed by atoms with Crippen LogP contribution in [0.1, 0.15) is 13.3 Å². The van der Waals surface area contributed by atoms with Crippen LogP contribution in [0.4, 0.5) is 0 Å². The number of phosphoric acid groups is 1. The van der Waals surface area contributed by atoms with Crippen LogP contribution in [-0.4, -0.2) is 70.4 Å². The van der Waals surface area contributed by atoms with Crippen molar-refractivity contribution in [3.8, 4) is 11.5 Å². The van der Waals surface area contributed by atoms with Gasteiger partial charge in [-0.05, 0) is 6.92 Å². The van der Waals surface area contributed by atoms with Crippen LogP contribution >= 0.6 is 7.82 Å². The molecule has 0 fully saturated rings. The number of nitrogens with zero attached hydrogens (tertiary/aromatic N) is 1. The Morgan fingerprint density at radius 3 is 2.23 bits per heavy atom. The standard InChI is InChI=1S/C17H32NO6PSi/c1-16(2)17(19)22-13-10-18(3,4)11-14-24-25(20,21)23-12-8-9-15-26(5,6)7/h1,8,10-14H2,2-7H3/p+1. The summed E-state index contributed by atoms with van der Waals surface area (Å²) in [6.45, 7) is 12.8. The van der Waals surface area contributed by atoms with Crippen LogP contribution in [0.2, 0.25) is 19.6 Å². The van der Waals surface area contributed by atoms with E-state index in [2.05, 4.69) is 37.7 Å². The summed E-state index contributed by atoms with van der Waals surface area (Å²) in [5, 5.41) is 0. The molecule has 26 heavy (non-hydrogen) atoms. The first-order valence-electron chi connectivity index (χ1n) is 8.51. The normalized spacial score (nSPS) is 14.1. The van der Waals surface area contributed by atoms with Crippen molar-refractivity contribution in [1.82, 2.24) is 0 Å². The van der Waals surface area contributed by atoms with E-state index in [9.17, 15) is 14.3 Å². The number of hydrogen-bond donors (Lipinski definition) is 1. The second-order valence-corrected chi connectivity index (χ2v) is 13.9. The number of rotatable bonds is 11. The smallest absolute Gasteiger partial charge is 0.456 e. The molecule has 1 atom stereocenters. The Labute approximate surface area is 158 Å². The van der Waals surface area contributed by atoms with Gasteiger partial charge in [-0.25, -0.2) is 9.36 Å². The van der Waals surface area contributed by atoms with Crippen molar-refractivity contribution in [3.63, 3.8) is 0 Å². The minimum absolute atomic E-state index is 0.0514. The third-order valence-electron chi connectivity index (χ3n) is 3.17. The fourth-order valence-corrected chi connectivity index (χ4v) is 2.96. The number of quaternary nitrogens is 1. The molecule has 7 nitrogen and oxygen atoms in total. The van der Waals surface area contributed by atoms with Crippen LogP contribution in [0, 0.1) is 11.5 Å². The molecule has 0 aromatic heterocycles. The first-order valence-corrected chi connectivity index (χ1v) is 13.5. The molecule has 0 radical (unpaired) electrons. The first kappa shape index (κ1) is 25.1. The first-order chi connectivity index (χ1) is 11.7. The minimum Gasteiger partial charge on any atom is -0.456 e. The quantitative estimate of drug-likeness (QED) is 0.108. The molecule has 1 unspecified atom stereocenters. The van der Waals surface area contributed by atoms with E-state index in [1.165, 1.54) is 0 Å². The lowest BCUT2D eigenvalue weighted by molar-refractivity contribution is -0.890. The van der Waals surface area contributed by atoms with Gasteiger partial charge in [0.05, 0.1) is 20.7 Å². The van der Waals surface area contributed by atoms with Gasteiger partial charge in [0.2, 0.25) is 0 Å². The van der Waals surface area contributed by atoms with Crippen molar-refractivity contribution in [2.75, 3.05) is 47.0 Å². The predicted molar refractivity (Wildman–Crippen MR) is 105 cm³/mol. The van der Waals surface area contributed by atoms with Gasteiger partial charge in [-0.3, -0.25) is 9.05 Å². The summed E-state index contributed by atoms with van der Waals surface area (Å²) in [7, 11) is -1.70. The van der Waals surface area contributed by atoms with Gasteiger partial charge in [0.25, 0.3) is 0 Å². The molecule has 0 aliphatic rings. The van der Waals surface area contributed by atoms with Crippen LogP contribution < -0.4 is 0 Å². The molecule has 9 heteroatoms. The van der Waals surface area contributed by atoms with Crippen molar-refractivity contribution in [1.29, 1.82) is 0 Å². The van der Waals surface area contributed by atoms with Crippen LogP contribution in [0.5, 0.6) is 0 Å². The van der Waals surface area contributed by atoms with Gasteiger partial charge in [-0.15, -0.1) is 11.5 Å². The zero-order valence-electron chi connectivity index (χ0n) is 16.8. The summed E-state index contributed by atoms with van der Waals surface area (Å²) >= 11 is 0. The molecular weight excluding hydrogens is 373 g/mol. The molecule has 0 rings (SSSR count). The minimum atomic E-state index is -4.08. The van der Waals surface area contributed by atoms with Crippen LogP contribution in [0.3, 0.4) is 0 Å². The number of likely N-dealkylation sites (N-methyl/N-ethyl adjacent to an activating group) is 1. The van der Waals surface area contributed by atoms with E-state index in [0.717, 1.165) is 0 Å². The molecule has 0 heterocycles. The summed E-state index contributed by atoms with van der Waals surface area (Å²) in [6, 6.07) is 0. The van der Waals surface area contributed by atoms with Crippen LogP contribution in [0.25, 0.3) is 0 Å². The topological polar surface area (TPSA) is 82.1 Å². The lowest BCUT2D eigenvalue weighted by atomic mass is 10.4. The Kier molecular flexibility index (Phi) is 10.6. The summed E-state index contributed by atoms with van der Waals surface area (Å²) in [4.78, 5) is 21.0. The van der Waals surface area contributed by atoms with Crippen molar-refractivity contribution in [2.24, 2.45) is 0 Å². The van der Waals surface area contributed by atoms with Crippen molar-refractivity contribution >= 4 is 21.9 Å². The molecule has 0 aliphatic heterocycles. The van der Waals surface area contributed by atoms with Crippen molar-refractivity contribution < 1.29 is 32.5 Å². The van der Waals surface area contributed by atoms with Crippen LogP contribution in [-0.2, 0) is 23.1 Å². The highest BCUT2D eigenvalue weighted by atomic mass is 31.2. The third-order valence-corrected chi connectivity index (χ3v) is 5.12. The van der Waals surface area contributed by atoms with E-state index in [0.29, 0.717) is 29.6 Å². The number of esters is 1. The largest absolute Gasteiger partial charge is 0.472 e. The molecule has 0 saturated heterocycles. The second kappa shape index (κ2) is 11.0. The fourth-order valence-electron chi connectivity index (χ4n) is 1.60. The Balaban J connectivity index is 4.10. The average Bonchev–Trinajstić information content (AvgIpc) is 2.44. The number of hydrogen-bond acceptors (Lipinski definition) is 5. The van der Waals surface area contributed by atoms with E-state index in [-0.39, 0.29) is 19.8 Å². The van der Waals surface area contributed by atoms with Crippen LogP contribution in [0.15, 0.2) is 12.2 Å². The molecule has 0 bridgehead atoms. The van der Waals surface area contributed by atoms with E-state index in [4.69, 9.17) is 13.8 Å². The molecule has 0 spiro atoms. The third kappa shape index (κ3) is 14.2. The summed E-state index contributed by atoms with van der Waals surface area (Å²) < 4.78 is 27.2. The maximum atomic E-state index is 11.8. The van der Waals surface area contributed by atoms with Gasteiger partial charge in [0, 0.05) is 12.0 Å². The highest BCUT2D eigenvalue weighted by Gasteiger charge is 2.23. The maximum Gasteiger partial charge on any atom is 0.472 e. The SMILES string of the molecule is C=C(C)C(=O)OCC[N+](C)(C)CCOP(=O)(O)OCCC#C[Si](C)(C)C. The Bertz CT molecular complexity index is 588. The zero-order chi connectivity index (χ0) is 20.4. The molecule has 0 aromatic carbocycles. The molecule has 0 amide bonds. The molecular formula is C17H33NO6PSi+. The van der Waals surface area contributed by atoms with Gasteiger partial charge in [0.15, 0.2) is 0 Å². The van der Waals surface area contributed by atoms with E-state index < -0.39 is 21.9 Å². The predicted octanol–water partition coefficient (Wildman–Crippen LogP) is 2.59. The average molecular weight is 407 g/mol. The Hall–Kier alpha value is -0.943. The summed E-state index contributed by atoms with van der Waals surface area (Å²) in [5.74, 6) is 2.54. The van der Waals surface area contributed by atoms with Gasteiger partial charge < -0.3 is 14.1 Å². The fraction of sp³-hybridized carbons (Fsp3) is 0.706. The number of phosphoric ester groups is 1. The number of ether oxygens (including phenoxy) is 1. The van der Waals surface area contributed by atoms with Gasteiger partial charge in [-0.1, -0.05) is 26.2 Å². The van der Waals surface area contributed by atoms with Crippen molar-refractivity contribution in [3.05, 3.63) is 12.2 Å². The highest BCUT2D eigenvalue weighted by molar-refractivity contribution is 7.47. The molecule has 0 saturated carbocycles. The lowest BCUT2D eigenvalue weighted by Crippen LogP contribution is -2.44. The molecule has 150 valence electrons. The van der Waals surface area contributed by atoms with Gasteiger partial charge in [0.1, 0.15) is 34.4 Å². The molecule has 0 aliphatic carbocycles. The number of carbonyl (C=O) groups is 1. The van der Waals surface area contributed by atoms with E-state index >= 15 is 0 Å². The van der Waals surface area contributed by atoms with Crippen molar-refractivity contribution in [2.45, 2.75) is 33.0 Å². The molecule has 0 aromatic rings. The van der Waals surface area contributed by atoms with Gasteiger partial charge in [-0.2, -0.15) is 0 Å². The Morgan fingerprint density at radius 2 is 1.69 bits per heavy atom. The zero-order valence-corrected chi connectivity index (χ0v) is 18.7. The second-order valence-electron chi connectivity index (χ2n) is 7.74. The Morgan fingerprint density at radius 1 is 1.15 bits per heavy atom. The summed E-state index contributed by atoms with van der Waals surface area (Å²) in [6.07, 6.45) is 0.397. The van der Waals surface area contributed by atoms with Gasteiger partial charge >= 0.3 is 13.8 Å².